The van der Waals surface area contributed by atoms with Gasteiger partial charge in [-0.15, -0.1) is 0 Å². The number of carbonyl (C=O) groups is 2. The van der Waals surface area contributed by atoms with Crippen LogP contribution in [0.15, 0.2) is 78.9 Å². The Labute approximate surface area is 242 Å². The minimum Gasteiger partial charge on any atom is -0.352 e. The van der Waals surface area contributed by atoms with Crippen LogP contribution >= 0.6 is 11.6 Å². The molecule has 9 heteroatoms. The van der Waals surface area contributed by atoms with Gasteiger partial charge in [-0.1, -0.05) is 84.6 Å². The average molecular weight is 582 g/mol. The van der Waals surface area contributed by atoms with Crippen molar-refractivity contribution in [3.05, 3.63) is 101 Å². The van der Waals surface area contributed by atoms with E-state index in [4.69, 9.17) is 11.6 Å². The fourth-order valence-electron chi connectivity index (χ4n) is 5.15. The van der Waals surface area contributed by atoms with Gasteiger partial charge in [0, 0.05) is 24.0 Å². The maximum atomic E-state index is 14.1. The highest BCUT2D eigenvalue weighted by molar-refractivity contribution is 7.92. The smallest absolute Gasteiger partial charge is 0.244 e. The average Bonchev–Trinajstić information content (AvgIpc) is 3.43. The van der Waals surface area contributed by atoms with Crippen molar-refractivity contribution in [2.24, 2.45) is 0 Å². The summed E-state index contributed by atoms with van der Waals surface area (Å²) < 4.78 is 26.8. The van der Waals surface area contributed by atoms with Gasteiger partial charge in [-0.2, -0.15) is 0 Å². The van der Waals surface area contributed by atoms with E-state index in [1.807, 2.05) is 61.5 Å². The Morgan fingerprint density at radius 1 is 0.950 bits per heavy atom. The van der Waals surface area contributed by atoms with E-state index < -0.39 is 28.5 Å². The molecular weight excluding hydrogens is 546 g/mol. The van der Waals surface area contributed by atoms with Crippen molar-refractivity contribution in [3.8, 4) is 0 Å². The first-order chi connectivity index (χ1) is 19.1. The zero-order valence-electron chi connectivity index (χ0n) is 22.9. The van der Waals surface area contributed by atoms with Gasteiger partial charge < -0.3 is 10.2 Å². The molecule has 0 unspecified atom stereocenters. The topological polar surface area (TPSA) is 86.8 Å². The molecule has 1 saturated carbocycles. The van der Waals surface area contributed by atoms with Crippen LogP contribution in [0.5, 0.6) is 0 Å². The molecule has 7 nitrogen and oxygen atoms in total. The molecule has 1 atom stereocenters. The highest BCUT2D eigenvalue weighted by Gasteiger charge is 2.34. The second-order valence-electron chi connectivity index (χ2n) is 10.5. The Kier molecular flexibility index (Phi) is 9.87. The van der Waals surface area contributed by atoms with E-state index in [-0.39, 0.29) is 18.5 Å². The number of amides is 2. The van der Waals surface area contributed by atoms with Crippen LogP contribution in [-0.2, 0) is 32.6 Å². The predicted octanol–water partition coefficient (Wildman–Crippen LogP) is 5.11. The van der Waals surface area contributed by atoms with Gasteiger partial charge in [-0.05, 0) is 55.2 Å². The number of nitrogens with zero attached hydrogens (tertiary/aromatic N) is 2. The molecule has 3 aromatic carbocycles. The largest absolute Gasteiger partial charge is 0.352 e. The number of rotatable bonds is 11. The quantitative estimate of drug-likeness (QED) is 0.341. The van der Waals surface area contributed by atoms with Crippen LogP contribution < -0.4 is 9.62 Å². The molecule has 0 spiro atoms. The van der Waals surface area contributed by atoms with Crippen LogP contribution in [0, 0.1) is 6.92 Å². The number of hydrogen-bond donors (Lipinski definition) is 1. The third-order valence-electron chi connectivity index (χ3n) is 7.20. The molecule has 1 N–H and O–H groups in total. The fraction of sp³-hybridized carbons (Fsp3) is 0.355. The van der Waals surface area contributed by atoms with Gasteiger partial charge in [0.1, 0.15) is 12.6 Å². The van der Waals surface area contributed by atoms with E-state index >= 15 is 0 Å². The lowest BCUT2D eigenvalue weighted by molar-refractivity contribution is -0.140. The van der Waals surface area contributed by atoms with Crippen molar-refractivity contribution >= 4 is 39.1 Å². The van der Waals surface area contributed by atoms with Gasteiger partial charge in [-0.3, -0.25) is 13.9 Å². The maximum Gasteiger partial charge on any atom is 0.244 e. The molecule has 4 rings (SSSR count). The van der Waals surface area contributed by atoms with Gasteiger partial charge in [0.25, 0.3) is 0 Å². The Bertz CT molecular complexity index is 1410. The number of carbonyl (C=O) groups excluding carboxylic acids is 2. The zero-order chi connectivity index (χ0) is 28.7. The van der Waals surface area contributed by atoms with Crippen molar-refractivity contribution in [2.45, 2.75) is 57.7 Å². The van der Waals surface area contributed by atoms with Crippen molar-refractivity contribution < 1.29 is 18.0 Å². The summed E-state index contributed by atoms with van der Waals surface area (Å²) >= 11 is 6.03. The SMILES string of the molecule is Cc1cccc(CN(C(=O)CN(c2ccc(Cl)cc2)S(C)(=O)=O)[C@H](Cc2ccccc2)C(=O)NC2CCCC2)c1. The van der Waals surface area contributed by atoms with Gasteiger partial charge in [-0.25, -0.2) is 8.42 Å². The zero-order valence-corrected chi connectivity index (χ0v) is 24.5. The van der Waals surface area contributed by atoms with Crippen molar-refractivity contribution in [3.63, 3.8) is 0 Å². The standard InChI is InChI=1S/C31H36ClN3O4S/c1-23-9-8-12-25(19-23)21-34(30(36)22-35(40(2,38)39)28-17-15-26(32)16-18-28)29(20-24-10-4-3-5-11-24)31(37)33-27-13-6-7-14-27/h3-5,8-12,15-19,27,29H,6-7,13-14,20-22H2,1-2H3,(H,33,37)/t29-/m1/s1. The Balaban J connectivity index is 1.72. The molecule has 40 heavy (non-hydrogen) atoms. The van der Waals surface area contributed by atoms with E-state index in [2.05, 4.69) is 5.32 Å². The van der Waals surface area contributed by atoms with Gasteiger partial charge in [0.05, 0.1) is 11.9 Å². The van der Waals surface area contributed by atoms with Gasteiger partial charge >= 0.3 is 0 Å². The number of nitrogens with one attached hydrogen (secondary N) is 1. The number of anilines is 1. The Morgan fingerprint density at radius 3 is 2.23 bits per heavy atom. The number of benzene rings is 3. The highest BCUT2D eigenvalue weighted by atomic mass is 35.5. The van der Waals surface area contributed by atoms with E-state index in [0.717, 1.165) is 52.9 Å². The molecule has 0 aromatic heterocycles. The predicted molar refractivity (Wildman–Crippen MR) is 160 cm³/mol. The summed E-state index contributed by atoms with van der Waals surface area (Å²) in [7, 11) is -3.82. The van der Waals surface area contributed by atoms with Crippen LogP contribution in [0.1, 0.15) is 42.4 Å². The lowest BCUT2D eigenvalue weighted by Crippen LogP contribution is -2.54. The molecule has 3 aromatic rings. The molecule has 2 amide bonds. The normalized spacial score (nSPS) is 14.5. The van der Waals surface area contributed by atoms with Gasteiger partial charge in [0.15, 0.2) is 0 Å². The molecule has 0 aliphatic heterocycles. The number of hydrogen-bond acceptors (Lipinski definition) is 4. The number of aryl methyl sites for hydroxylation is 1. The summed E-state index contributed by atoms with van der Waals surface area (Å²) in [5, 5.41) is 3.63. The first kappa shape index (κ1) is 29.6. The van der Waals surface area contributed by atoms with Crippen LogP contribution in [-0.4, -0.2) is 50.0 Å². The lowest BCUT2D eigenvalue weighted by atomic mass is 10.0. The maximum absolute atomic E-state index is 14.1. The van der Waals surface area contributed by atoms with Crippen molar-refractivity contribution in [2.75, 3.05) is 17.1 Å². The third-order valence-corrected chi connectivity index (χ3v) is 8.59. The monoisotopic (exact) mass is 581 g/mol. The second-order valence-corrected chi connectivity index (χ2v) is 12.8. The van der Waals surface area contributed by atoms with Crippen molar-refractivity contribution in [1.82, 2.24) is 10.2 Å². The first-order valence-electron chi connectivity index (χ1n) is 13.5. The molecule has 1 fully saturated rings. The molecular formula is C31H36ClN3O4S. The third kappa shape index (κ3) is 8.08. The molecule has 0 radical (unpaired) electrons. The Morgan fingerprint density at radius 2 is 1.60 bits per heavy atom. The molecule has 1 aliphatic rings. The highest BCUT2D eigenvalue weighted by Crippen LogP contribution is 2.23. The van der Waals surface area contributed by atoms with Crippen LogP contribution in [0.3, 0.4) is 0 Å². The molecule has 212 valence electrons. The lowest BCUT2D eigenvalue weighted by Gasteiger charge is -2.34. The van der Waals surface area contributed by atoms with Crippen molar-refractivity contribution in [1.29, 1.82) is 0 Å². The molecule has 0 saturated heterocycles. The second kappa shape index (κ2) is 13.3. The summed E-state index contributed by atoms with van der Waals surface area (Å²) in [5.74, 6) is -0.696. The minimum atomic E-state index is -3.82. The summed E-state index contributed by atoms with van der Waals surface area (Å²) in [6.45, 7) is 1.68. The molecule has 0 bridgehead atoms. The Hall–Kier alpha value is -3.36. The van der Waals surface area contributed by atoms with E-state index in [1.165, 1.54) is 4.90 Å². The summed E-state index contributed by atoms with van der Waals surface area (Å²) in [6.07, 6.45) is 5.31. The van der Waals surface area contributed by atoms with Crippen LogP contribution in [0.25, 0.3) is 0 Å². The van der Waals surface area contributed by atoms with Crippen LogP contribution in [0.2, 0.25) is 5.02 Å². The van der Waals surface area contributed by atoms with E-state index in [1.54, 1.807) is 24.3 Å². The summed E-state index contributed by atoms with van der Waals surface area (Å²) in [4.78, 5) is 29.5. The van der Waals surface area contributed by atoms with E-state index in [0.29, 0.717) is 17.1 Å². The number of halogens is 1. The minimum absolute atomic E-state index is 0.0725. The molecule has 0 heterocycles. The molecule has 1 aliphatic carbocycles. The van der Waals surface area contributed by atoms with Gasteiger partial charge in [0.2, 0.25) is 21.8 Å². The fourth-order valence-corrected chi connectivity index (χ4v) is 6.13. The summed E-state index contributed by atoms with van der Waals surface area (Å²) in [6, 6.07) is 22.9. The first-order valence-corrected chi connectivity index (χ1v) is 15.8. The number of sulfonamides is 1. The van der Waals surface area contributed by atoms with Crippen LogP contribution in [0.4, 0.5) is 5.69 Å². The summed E-state index contributed by atoms with van der Waals surface area (Å²) in [5.41, 5.74) is 3.12. The van der Waals surface area contributed by atoms with E-state index in [9.17, 15) is 18.0 Å².